The molecule has 0 radical (unpaired) electrons. The summed E-state index contributed by atoms with van der Waals surface area (Å²) in [6.45, 7) is 18.7. The predicted molar refractivity (Wildman–Crippen MR) is 173 cm³/mol. The van der Waals surface area contributed by atoms with Gasteiger partial charge in [-0.2, -0.15) is 9.97 Å². The Hall–Kier alpha value is -4.15. The van der Waals surface area contributed by atoms with E-state index < -0.39 is 17.8 Å². The van der Waals surface area contributed by atoms with Crippen LogP contribution in [-0.2, 0) is 33.8 Å². The van der Waals surface area contributed by atoms with Crippen molar-refractivity contribution >= 4 is 18.0 Å². The van der Waals surface area contributed by atoms with Gasteiger partial charge in [0.25, 0.3) is 0 Å². The van der Waals surface area contributed by atoms with Crippen LogP contribution >= 0.6 is 0 Å². The number of hydrogen-bond acceptors (Lipinski definition) is 10. The third-order valence-corrected chi connectivity index (χ3v) is 9.03. The molecule has 2 amide bonds. The van der Waals surface area contributed by atoms with E-state index in [0.717, 1.165) is 55.2 Å². The van der Waals surface area contributed by atoms with Crippen molar-refractivity contribution in [2.75, 3.05) is 63.9 Å². The Bertz CT molecular complexity index is 1460. The van der Waals surface area contributed by atoms with Crippen molar-refractivity contribution in [3.63, 3.8) is 0 Å². The highest BCUT2D eigenvalue weighted by Gasteiger charge is 2.39. The highest BCUT2D eigenvalue weighted by atomic mass is 16.6. The van der Waals surface area contributed by atoms with Gasteiger partial charge in [-0.15, -0.1) is 0 Å². The van der Waals surface area contributed by atoms with Crippen molar-refractivity contribution in [1.29, 1.82) is 0 Å². The first-order chi connectivity index (χ1) is 22.7. The molecule has 4 aliphatic rings. The molecule has 13 nitrogen and oxygen atoms in total. The fraction of sp³-hybridized carbons (Fsp3) is 0.618. The van der Waals surface area contributed by atoms with Crippen LogP contribution in [0.4, 0.5) is 15.4 Å². The largest absolute Gasteiger partial charge is 0.463 e. The molecule has 3 saturated heterocycles. The third-order valence-electron chi connectivity index (χ3n) is 9.03. The molecule has 3 atom stereocenters. The van der Waals surface area contributed by atoms with E-state index in [1.807, 2.05) is 51.1 Å². The van der Waals surface area contributed by atoms with Crippen LogP contribution in [0.5, 0.6) is 6.01 Å². The molecule has 252 valence electrons. The standard InChI is InChI=1S/C34H45N7O6/c1-34(2,3)47-33(43)41-15-14-39(19-26(41)18-35-4)30-28-11-13-40(32(42)46-22-24-9-6-5-7-10-24)21-29(28)36-31(37-30)44-16-8-12-38-20-27-17-25(38)23-45-27/h5-7,9-10,25-27H,8,11-23H2,1-3H3/t25-,26-,27-/m0/s1. The molecule has 0 spiro atoms. The molecule has 6 rings (SSSR count). The van der Waals surface area contributed by atoms with E-state index in [-0.39, 0.29) is 31.7 Å². The number of ether oxygens (including phenoxy) is 4. The molecule has 3 fully saturated rings. The van der Waals surface area contributed by atoms with Crippen LogP contribution in [0.25, 0.3) is 4.85 Å². The van der Waals surface area contributed by atoms with E-state index >= 15 is 0 Å². The van der Waals surface area contributed by atoms with Gasteiger partial charge in [-0.25, -0.2) is 16.2 Å². The zero-order chi connectivity index (χ0) is 33.0. The van der Waals surface area contributed by atoms with Crippen LogP contribution in [0.1, 0.15) is 50.4 Å². The predicted octanol–water partition coefficient (Wildman–Crippen LogP) is 3.76. The topological polar surface area (TPSA) is 114 Å². The number of hydrogen-bond donors (Lipinski definition) is 0. The normalized spacial score (nSPS) is 22.5. The molecular formula is C34H45N7O6. The average molecular weight is 648 g/mol. The number of nitrogens with zero attached hydrogens (tertiary/aromatic N) is 7. The Morgan fingerprint density at radius 2 is 1.91 bits per heavy atom. The lowest BCUT2D eigenvalue weighted by molar-refractivity contribution is 0.0155. The molecule has 2 aromatic rings. The van der Waals surface area contributed by atoms with Gasteiger partial charge >= 0.3 is 18.2 Å². The van der Waals surface area contributed by atoms with Crippen molar-refractivity contribution in [1.82, 2.24) is 24.7 Å². The quantitative estimate of drug-likeness (QED) is 0.295. The fourth-order valence-corrected chi connectivity index (χ4v) is 6.74. The minimum atomic E-state index is -0.634. The number of benzene rings is 1. The number of fused-ring (bicyclic) bond motifs is 3. The Balaban J connectivity index is 1.17. The van der Waals surface area contributed by atoms with Gasteiger partial charge in [0.2, 0.25) is 6.54 Å². The summed E-state index contributed by atoms with van der Waals surface area (Å²) in [6.07, 6.45) is 2.04. The summed E-state index contributed by atoms with van der Waals surface area (Å²) in [5.41, 5.74) is 1.96. The van der Waals surface area contributed by atoms with Gasteiger partial charge in [-0.3, -0.25) is 9.80 Å². The van der Waals surface area contributed by atoms with Crippen LogP contribution < -0.4 is 9.64 Å². The molecular weight excluding hydrogens is 602 g/mol. The molecule has 1 aromatic carbocycles. The molecule has 1 aromatic heterocycles. The van der Waals surface area contributed by atoms with Crippen molar-refractivity contribution in [2.24, 2.45) is 0 Å². The van der Waals surface area contributed by atoms with Gasteiger partial charge in [0.05, 0.1) is 31.6 Å². The van der Waals surface area contributed by atoms with E-state index in [9.17, 15) is 9.59 Å². The van der Waals surface area contributed by atoms with E-state index in [1.54, 1.807) is 9.80 Å². The zero-order valence-electron chi connectivity index (χ0n) is 27.6. The lowest BCUT2D eigenvalue weighted by atomic mass is 10.0. The van der Waals surface area contributed by atoms with Crippen LogP contribution in [-0.4, -0.2) is 120 Å². The van der Waals surface area contributed by atoms with Crippen molar-refractivity contribution in [2.45, 2.75) is 77.0 Å². The summed E-state index contributed by atoms with van der Waals surface area (Å²) in [7, 11) is 0. The van der Waals surface area contributed by atoms with Crippen molar-refractivity contribution in [3.05, 3.63) is 58.6 Å². The summed E-state index contributed by atoms with van der Waals surface area (Å²) in [5.74, 6) is 0.732. The highest BCUT2D eigenvalue weighted by Crippen LogP contribution is 2.31. The van der Waals surface area contributed by atoms with Gasteiger partial charge in [-0.05, 0) is 45.6 Å². The number of anilines is 1. The number of carbonyl (C=O) groups is 2. The minimum absolute atomic E-state index is 0.150. The van der Waals surface area contributed by atoms with Gasteiger partial charge in [-0.1, -0.05) is 30.3 Å². The van der Waals surface area contributed by atoms with E-state index in [2.05, 4.69) is 14.6 Å². The maximum Gasteiger partial charge on any atom is 0.410 e. The van der Waals surface area contributed by atoms with Gasteiger partial charge in [0, 0.05) is 50.9 Å². The Morgan fingerprint density at radius 3 is 2.64 bits per heavy atom. The molecule has 13 heteroatoms. The molecule has 5 heterocycles. The molecule has 2 bridgehead atoms. The van der Waals surface area contributed by atoms with Crippen molar-refractivity contribution < 1.29 is 28.5 Å². The number of morpholine rings is 1. The van der Waals surface area contributed by atoms with Crippen LogP contribution in [0, 0.1) is 6.57 Å². The number of amides is 2. The number of aromatic nitrogens is 2. The lowest BCUT2D eigenvalue weighted by Crippen LogP contribution is -2.57. The van der Waals surface area contributed by atoms with Crippen LogP contribution in [0.2, 0.25) is 0 Å². The number of carbonyl (C=O) groups excluding carboxylic acids is 2. The minimum Gasteiger partial charge on any atom is -0.463 e. The van der Waals surface area contributed by atoms with E-state index in [1.165, 1.54) is 0 Å². The maximum atomic E-state index is 13.1. The van der Waals surface area contributed by atoms with Gasteiger partial charge < -0.3 is 33.6 Å². The van der Waals surface area contributed by atoms with Crippen molar-refractivity contribution in [3.8, 4) is 6.01 Å². The van der Waals surface area contributed by atoms with Crippen LogP contribution in [0.3, 0.4) is 0 Å². The molecule has 4 aliphatic heterocycles. The Labute approximate surface area is 276 Å². The van der Waals surface area contributed by atoms with E-state index in [4.69, 9.17) is 35.5 Å². The van der Waals surface area contributed by atoms with E-state index in [0.29, 0.717) is 51.4 Å². The Kier molecular flexibility index (Phi) is 9.98. The smallest absolute Gasteiger partial charge is 0.410 e. The third kappa shape index (κ3) is 8.05. The second-order valence-corrected chi connectivity index (χ2v) is 13.6. The summed E-state index contributed by atoms with van der Waals surface area (Å²) in [4.78, 5) is 47.4. The second-order valence-electron chi connectivity index (χ2n) is 13.6. The summed E-state index contributed by atoms with van der Waals surface area (Å²) >= 11 is 0. The number of rotatable bonds is 9. The molecule has 0 aliphatic carbocycles. The van der Waals surface area contributed by atoms with Gasteiger partial charge in [0.1, 0.15) is 24.1 Å². The first kappa shape index (κ1) is 32.8. The summed E-state index contributed by atoms with van der Waals surface area (Å²) in [5, 5.41) is 0. The Morgan fingerprint density at radius 1 is 1.09 bits per heavy atom. The maximum absolute atomic E-state index is 13.1. The molecule has 0 saturated carbocycles. The molecule has 47 heavy (non-hydrogen) atoms. The monoisotopic (exact) mass is 647 g/mol. The first-order valence-corrected chi connectivity index (χ1v) is 16.6. The number of likely N-dealkylation sites (tertiary alicyclic amines) is 1. The second kappa shape index (κ2) is 14.3. The molecule has 0 unspecified atom stereocenters. The summed E-state index contributed by atoms with van der Waals surface area (Å²) < 4.78 is 23.2. The molecule has 0 N–H and O–H groups in total. The average Bonchev–Trinajstić information content (AvgIpc) is 3.69. The summed E-state index contributed by atoms with van der Waals surface area (Å²) in [6, 6.07) is 10.0. The fourth-order valence-electron chi connectivity index (χ4n) is 6.74. The first-order valence-electron chi connectivity index (χ1n) is 16.6. The lowest BCUT2D eigenvalue weighted by Gasteiger charge is -2.41. The zero-order valence-corrected chi connectivity index (χ0v) is 27.6. The highest BCUT2D eigenvalue weighted by molar-refractivity contribution is 5.70. The van der Waals surface area contributed by atoms with Crippen LogP contribution in [0.15, 0.2) is 30.3 Å². The van der Waals surface area contributed by atoms with Gasteiger partial charge in [0.15, 0.2) is 0 Å². The number of piperazine rings is 1. The SMILES string of the molecule is [C-]#[N+]C[C@H]1CN(c2nc(OCCCN3C[C@@H]4C[C@H]3CO4)nc3c2CCN(C(=O)OCc2ccccc2)C3)CCN1C(=O)OC(C)(C)C.